The molecule has 39 heavy (non-hydrogen) atoms. The minimum absolute atomic E-state index is 0.611. The van der Waals surface area contributed by atoms with Crippen molar-refractivity contribution in [3.8, 4) is 16.9 Å². The van der Waals surface area contributed by atoms with E-state index < -0.39 is 0 Å². The van der Waals surface area contributed by atoms with Crippen LogP contribution in [-0.2, 0) is 13.0 Å². The Balaban J connectivity index is 1.20. The Kier molecular flexibility index (Phi) is 7.95. The number of likely N-dealkylation sites (tertiary alicyclic amines) is 1. The summed E-state index contributed by atoms with van der Waals surface area (Å²) in [5, 5.41) is 3.32. The van der Waals surface area contributed by atoms with Gasteiger partial charge in [-0.05, 0) is 85.3 Å². The first-order valence-electron chi connectivity index (χ1n) is 14.2. The molecule has 2 aliphatic rings. The number of fused-ring (bicyclic) bond motifs is 2. The molecular formula is C31H37N7O. The van der Waals surface area contributed by atoms with Crippen LogP contribution in [0.4, 0.5) is 11.5 Å². The lowest BCUT2D eigenvalue weighted by atomic mass is 9.98. The SMILES string of the molecule is NCCNCc1cnc2c(N3CCc4c(-c5cccc(OCCCN6CCCC6)c5)cccc43)ncnc2c1. The predicted molar refractivity (Wildman–Crippen MR) is 156 cm³/mol. The molecule has 4 aromatic rings. The molecule has 0 amide bonds. The molecule has 3 N–H and O–H groups in total. The van der Waals surface area contributed by atoms with Crippen LogP contribution >= 0.6 is 0 Å². The number of nitrogens with two attached hydrogens (primary N) is 1. The van der Waals surface area contributed by atoms with E-state index in [0.29, 0.717) is 6.54 Å². The van der Waals surface area contributed by atoms with Crippen molar-refractivity contribution in [2.45, 2.75) is 32.2 Å². The van der Waals surface area contributed by atoms with E-state index in [1.807, 2.05) is 6.20 Å². The molecule has 2 aliphatic heterocycles. The van der Waals surface area contributed by atoms with E-state index in [-0.39, 0.29) is 0 Å². The zero-order valence-electron chi connectivity index (χ0n) is 22.5. The molecule has 0 bridgehead atoms. The van der Waals surface area contributed by atoms with Gasteiger partial charge in [0.05, 0.1) is 12.1 Å². The van der Waals surface area contributed by atoms with Crippen molar-refractivity contribution in [3.05, 3.63) is 72.2 Å². The number of hydrogen-bond acceptors (Lipinski definition) is 8. The minimum Gasteiger partial charge on any atom is -0.494 e. The summed E-state index contributed by atoms with van der Waals surface area (Å²) in [6, 6.07) is 17.1. The number of benzene rings is 2. The molecule has 0 aliphatic carbocycles. The van der Waals surface area contributed by atoms with E-state index in [2.05, 4.69) is 73.6 Å². The summed E-state index contributed by atoms with van der Waals surface area (Å²) in [7, 11) is 0. The number of rotatable bonds is 11. The van der Waals surface area contributed by atoms with Crippen LogP contribution in [-0.4, -0.2) is 65.7 Å². The highest BCUT2D eigenvalue weighted by Crippen LogP contribution is 2.41. The molecule has 0 unspecified atom stereocenters. The Labute approximate surface area is 230 Å². The summed E-state index contributed by atoms with van der Waals surface area (Å²) in [5.74, 6) is 1.79. The quantitative estimate of drug-likeness (QED) is 0.281. The number of hydrogen-bond donors (Lipinski definition) is 2. The largest absolute Gasteiger partial charge is 0.494 e. The Bertz CT molecular complexity index is 1420. The van der Waals surface area contributed by atoms with Crippen molar-refractivity contribution >= 4 is 22.5 Å². The Morgan fingerprint density at radius 2 is 1.87 bits per heavy atom. The normalized spacial score (nSPS) is 15.3. The standard InChI is InChI=1S/C31H37N7O/c32-11-12-33-20-23-18-28-30(34-21-23)31(36-22-35-28)38-16-10-27-26(8-4-9-29(27)38)24-6-3-7-25(19-24)39-17-5-15-37-13-1-2-14-37/h3-4,6-9,18-19,21-22,33H,1-2,5,10-17,20,32H2. The van der Waals surface area contributed by atoms with Gasteiger partial charge in [-0.1, -0.05) is 24.3 Å². The molecule has 0 radical (unpaired) electrons. The van der Waals surface area contributed by atoms with Crippen molar-refractivity contribution in [1.82, 2.24) is 25.2 Å². The lowest BCUT2D eigenvalue weighted by molar-refractivity contribution is 0.263. The third-order valence-electron chi connectivity index (χ3n) is 7.68. The van der Waals surface area contributed by atoms with Gasteiger partial charge in [0.15, 0.2) is 5.82 Å². The maximum absolute atomic E-state index is 6.15. The van der Waals surface area contributed by atoms with Crippen LogP contribution in [0.1, 0.15) is 30.4 Å². The van der Waals surface area contributed by atoms with E-state index in [1.54, 1.807) is 6.33 Å². The van der Waals surface area contributed by atoms with E-state index in [0.717, 1.165) is 73.8 Å². The third kappa shape index (κ3) is 5.73. The van der Waals surface area contributed by atoms with Gasteiger partial charge in [-0.15, -0.1) is 0 Å². The lowest BCUT2D eigenvalue weighted by Crippen LogP contribution is -2.22. The average molecular weight is 524 g/mol. The van der Waals surface area contributed by atoms with E-state index >= 15 is 0 Å². The molecule has 8 nitrogen and oxygen atoms in total. The highest BCUT2D eigenvalue weighted by molar-refractivity contribution is 5.90. The maximum atomic E-state index is 6.15. The molecular weight excluding hydrogens is 486 g/mol. The first kappa shape index (κ1) is 25.7. The molecule has 1 saturated heterocycles. The van der Waals surface area contributed by atoms with Crippen molar-refractivity contribution in [2.24, 2.45) is 5.73 Å². The molecule has 8 heteroatoms. The fourth-order valence-electron chi connectivity index (χ4n) is 5.76. The van der Waals surface area contributed by atoms with Gasteiger partial charge >= 0.3 is 0 Å². The number of ether oxygens (including phenoxy) is 1. The van der Waals surface area contributed by atoms with E-state index in [4.69, 9.17) is 15.5 Å². The summed E-state index contributed by atoms with van der Waals surface area (Å²) < 4.78 is 6.15. The number of pyridine rings is 1. The van der Waals surface area contributed by atoms with Gasteiger partial charge in [-0.3, -0.25) is 4.98 Å². The second-order valence-corrected chi connectivity index (χ2v) is 10.4. The average Bonchev–Trinajstić information content (AvgIpc) is 3.65. The fourth-order valence-corrected chi connectivity index (χ4v) is 5.76. The van der Waals surface area contributed by atoms with Crippen LogP contribution in [0.3, 0.4) is 0 Å². The first-order chi connectivity index (χ1) is 19.3. The zero-order valence-corrected chi connectivity index (χ0v) is 22.5. The van der Waals surface area contributed by atoms with Gasteiger partial charge in [-0.2, -0.15) is 0 Å². The van der Waals surface area contributed by atoms with Crippen molar-refractivity contribution in [1.29, 1.82) is 0 Å². The smallest absolute Gasteiger partial charge is 0.163 e. The highest BCUT2D eigenvalue weighted by Gasteiger charge is 2.26. The molecule has 202 valence electrons. The lowest BCUT2D eigenvalue weighted by Gasteiger charge is -2.20. The predicted octanol–water partition coefficient (Wildman–Crippen LogP) is 4.30. The second-order valence-electron chi connectivity index (χ2n) is 10.4. The van der Waals surface area contributed by atoms with Crippen molar-refractivity contribution in [3.63, 3.8) is 0 Å². The fraction of sp³-hybridized carbons (Fsp3) is 0.387. The van der Waals surface area contributed by atoms with Gasteiger partial charge in [0.1, 0.15) is 17.6 Å². The summed E-state index contributed by atoms with van der Waals surface area (Å²) in [4.78, 5) is 18.8. The van der Waals surface area contributed by atoms with Crippen LogP contribution < -0.4 is 20.7 Å². The first-order valence-corrected chi connectivity index (χ1v) is 14.2. The minimum atomic E-state index is 0.611. The van der Waals surface area contributed by atoms with Gasteiger partial charge in [0, 0.05) is 44.6 Å². The molecule has 1 fully saturated rings. The topological polar surface area (TPSA) is 92.4 Å². The van der Waals surface area contributed by atoms with E-state index in [1.165, 1.54) is 48.3 Å². The third-order valence-corrected chi connectivity index (χ3v) is 7.68. The summed E-state index contributed by atoms with van der Waals surface area (Å²) >= 11 is 0. The van der Waals surface area contributed by atoms with E-state index in [9.17, 15) is 0 Å². The number of aromatic nitrogens is 3. The Morgan fingerprint density at radius 1 is 0.974 bits per heavy atom. The van der Waals surface area contributed by atoms with Crippen molar-refractivity contribution in [2.75, 3.05) is 50.8 Å². The zero-order chi connectivity index (χ0) is 26.4. The molecule has 2 aromatic heterocycles. The Morgan fingerprint density at radius 3 is 2.77 bits per heavy atom. The number of nitrogens with one attached hydrogen (secondary N) is 1. The molecule has 2 aromatic carbocycles. The second kappa shape index (κ2) is 12.1. The monoisotopic (exact) mass is 523 g/mol. The highest BCUT2D eigenvalue weighted by atomic mass is 16.5. The molecule has 0 saturated carbocycles. The summed E-state index contributed by atoms with van der Waals surface area (Å²) in [5.41, 5.74) is 13.3. The Hall–Kier alpha value is -3.59. The van der Waals surface area contributed by atoms with Crippen LogP contribution in [0.2, 0.25) is 0 Å². The maximum Gasteiger partial charge on any atom is 0.163 e. The molecule has 4 heterocycles. The number of nitrogens with zero attached hydrogens (tertiary/aromatic N) is 5. The molecule has 0 spiro atoms. The summed E-state index contributed by atoms with van der Waals surface area (Å²) in [6.45, 7) is 7.30. The van der Waals surface area contributed by atoms with Gasteiger partial charge < -0.3 is 25.6 Å². The van der Waals surface area contributed by atoms with Gasteiger partial charge in [0.2, 0.25) is 0 Å². The van der Waals surface area contributed by atoms with Crippen LogP contribution in [0.15, 0.2) is 61.1 Å². The van der Waals surface area contributed by atoms with Crippen molar-refractivity contribution < 1.29 is 4.74 Å². The van der Waals surface area contributed by atoms with Crippen LogP contribution in [0.5, 0.6) is 5.75 Å². The van der Waals surface area contributed by atoms with Crippen LogP contribution in [0.25, 0.3) is 22.2 Å². The van der Waals surface area contributed by atoms with Crippen LogP contribution in [0, 0.1) is 0 Å². The number of anilines is 2. The summed E-state index contributed by atoms with van der Waals surface area (Å²) in [6.07, 6.45) is 8.22. The van der Waals surface area contributed by atoms with Gasteiger partial charge in [0.25, 0.3) is 0 Å². The molecule has 0 atom stereocenters. The molecule has 6 rings (SSSR count). The van der Waals surface area contributed by atoms with Gasteiger partial charge in [-0.25, -0.2) is 9.97 Å².